The quantitative estimate of drug-likeness (QED) is 0.0543. The number of urea groups is 1. The lowest BCUT2D eigenvalue weighted by atomic mass is 9.98. The number of rotatable bonds is 21. The summed E-state index contributed by atoms with van der Waals surface area (Å²) in [5.74, 6) is -0.905. The molecule has 2 aliphatic heterocycles. The number of hydrogen-bond acceptors (Lipinski definition) is 16. The second kappa shape index (κ2) is 22.4. The van der Waals surface area contributed by atoms with Gasteiger partial charge in [0.05, 0.1) is 0 Å². The number of benzene rings is 2. The van der Waals surface area contributed by atoms with Gasteiger partial charge >= 0.3 is 18.1 Å². The fourth-order valence-electron chi connectivity index (χ4n) is 7.10. The molecule has 0 aliphatic carbocycles. The van der Waals surface area contributed by atoms with Crippen LogP contribution in [0.1, 0.15) is 31.1 Å². The second-order valence-electron chi connectivity index (χ2n) is 14.8. The van der Waals surface area contributed by atoms with Gasteiger partial charge in [0.1, 0.15) is 60.3 Å². The summed E-state index contributed by atoms with van der Waals surface area (Å²) < 4.78 is 64.6. The third kappa shape index (κ3) is 13.6. The van der Waals surface area contributed by atoms with E-state index in [2.05, 4.69) is 25.6 Å². The Morgan fingerprint density at radius 1 is 0.952 bits per heavy atom. The molecular formula is C39H53F3N8O13. The van der Waals surface area contributed by atoms with Crippen LogP contribution in [0.3, 0.4) is 0 Å². The number of alkyl halides is 3. The molecule has 21 nitrogen and oxygen atoms in total. The minimum absolute atomic E-state index is 0.0169. The lowest BCUT2D eigenvalue weighted by Crippen LogP contribution is -2.60. The first kappa shape index (κ1) is 48.7. The summed E-state index contributed by atoms with van der Waals surface area (Å²) in [6.45, 7) is 1.52. The molecule has 0 spiro atoms. The molecule has 0 saturated carbocycles. The highest BCUT2D eigenvalue weighted by Crippen LogP contribution is 2.29. The number of aromatic amines is 1. The SMILES string of the molecule is COC(C(O)C(O)n1ccc(=O)[nH]c1=O)C(OC1OC(CN)C(O)C1O)C(NCCCNC(=O)NCc1ccc(N2CCC(Oc3ccc(OC(F)(F)F)cc3)CC2)cc1)C(N)=O. The molecule has 2 saturated heterocycles. The van der Waals surface area contributed by atoms with E-state index in [1.165, 1.54) is 24.3 Å². The Morgan fingerprint density at radius 2 is 1.62 bits per heavy atom. The number of amides is 3. The molecule has 12 N–H and O–H groups in total. The fraction of sp³-hybridized carbons (Fsp3) is 0.538. The molecule has 9 atom stereocenters. The zero-order valence-electron chi connectivity index (χ0n) is 34.1. The van der Waals surface area contributed by atoms with Crippen molar-refractivity contribution < 1.29 is 66.9 Å². The Labute approximate surface area is 358 Å². The molecule has 3 amide bonds. The summed E-state index contributed by atoms with van der Waals surface area (Å²) in [4.78, 5) is 53.5. The molecule has 0 radical (unpaired) electrons. The largest absolute Gasteiger partial charge is 0.573 e. The molecule has 3 aromatic rings. The van der Waals surface area contributed by atoms with Crippen LogP contribution in [0.25, 0.3) is 0 Å². The molecule has 24 heteroatoms. The van der Waals surface area contributed by atoms with Crippen molar-refractivity contribution in [3.8, 4) is 11.5 Å². The highest BCUT2D eigenvalue weighted by molar-refractivity contribution is 5.80. The van der Waals surface area contributed by atoms with E-state index in [1.54, 1.807) is 0 Å². The molecule has 1 aromatic heterocycles. The monoisotopic (exact) mass is 898 g/mol. The molecule has 2 aromatic carbocycles. The third-order valence-corrected chi connectivity index (χ3v) is 10.4. The Morgan fingerprint density at radius 3 is 2.21 bits per heavy atom. The summed E-state index contributed by atoms with van der Waals surface area (Å²) in [6.07, 6.45) is -15.6. The van der Waals surface area contributed by atoms with Gasteiger partial charge in [0.2, 0.25) is 5.91 Å². The van der Waals surface area contributed by atoms with Gasteiger partial charge in [-0.15, -0.1) is 13.2 Å². The predicted molar refractivity (Wildman–Crippen MR) is 215 cm³/mol. The Hall–Kier alpha value is -5.31. The van der Waals surface area contributed by atoms with E-state index < -0.39 is 84.7 Å². The smallest absolute Gasteiger partial charge is 0.490 e. The average molecular weight is 899 g/mol. The summed E-state index contributed by atoms with van der Waals surface area (Å²) >= 11 is 0. The molecule has 0 bridgehead atoms. The maximum Gasteiger partial charge on any atom is 0.573 e. The van der Waals surface area contributed by atoms with Crippen molar-refractivity contribution in [1.82, 2.24) is 25.5 Å². The van der Waals surface area contributed by atoms with Gasteiger partial charge in [-0.05, 0) is 54.9 Å². The first-order valence-electron chi connectivity index (χ1n) is 20.0. The van der Waals surface area contributed by atoms with Crippen molar-refractivity contribution in [3.63, 3.8) is 0 Å². The average Bonchev–Trinajstić information content (AvgIpc) is 3.52. The van der Waals surface area contributed by atoms with Gasteiger partial charge in [-0.2, -0.15) is 0 Å². The number of carbonyl (C=O) groups excluding carboxylic acids is 2. The minimum Gasteiger partial charge on any atom is -0.490 e. The minimum atomic E-state index is -4.77. The van der Waals surface area contributed by atoms with E-state index in [-0.39, 0.29) is 44.5 Å². The molecule has 2 fully saturated rings. The van der Waals surface area contributed by atoms with Crippen molar-refractivity contribution in [2.45, 2.75) is 93.5 Å². The van der Waals surface area contributed by atoms with Gasteiger partial charge in [-0.1, -0.05) is 12.1 Å². The van der Waals surface area contributed by atoms with E-state index in [9.17, 15) is 52.8 Å². The molecule has 2 aliphatic rings. The number of halogens is 3. The Bertz CT molecular complexity index is 2040. The number of nitrogens with two attached hydrogens (primary N) is 2. The van der Waals surface area contributed by atoms with Gasteiger partial charge in [0, 0.05) is 70.6 Å². The second-order valence-corrected chi connectivity index (χ2v) is 14.8. The summed E-state index contributed by atoms with van der Waals surface area (Å²) in [6, 6.07) is 11.8. The van der Waals surface area contributed by atoms with E-state index in [0.717, 1.165) is 30.6 Å². The third-order valence-electron chi connectivity index (χ3n) is 10.4. The number of piperidine rings is 1. The van der Waals surface area contributed by atoms with Crippen LogP contribution in [0.4, 0.5) is 23.7 Å². The lowest BCUT2D eigenvalue weighted by molar-refractivity contribution is -0.274. The van der Waals surface area contributed by atoms with Crippen molar-refractivity contribution in [1.29, 1.82) is 0 Å². The van der Waals surface area contributed by atoms with Crippen LogP contribution in [0, 0.1) is 0 Å². The lowest BCUT2D eigenvalue weighted by Gasteiger charge is -2.37. The van der Waals surface area contributed by atoms with E-state index in [0.29, 0.717) is 36.2 Å². The summed E-state index contributed by atoms with van der Waals surface area (Å²) in [5.41, 5.74) is 11.3. The number of H-pyrrole nitrogens is 1. The number of carbonyl (C=O) groups is 2. The molecule has 63 heavy (non-hydrogen) atoms. The fourth-order valence-corrected chi connectivity index (χ4v) is 7.10. The van der Waals surface area contributed by atoms with Crippen molar-refractivity contribution in [3.05, 3.63) is 87.2 Å². The number of primary amides is 1. The Kier molecular flexibility index (Phi) is 17.3. The van der Waals surface area contributed by atoms with Gasteiger partial charge in [0.25, 0.3) is 5.56 Å². The maximum atomic E-state index is 12.9. The molecule has 5 rings (SSSR count). The number of anilines is 1. The normalized spacial score (nSPS) is 21.8. The van der Waals surface area contributed by atoms with Gasteiger partial charge in [0.15, 0.2) is 12.5 Å². The predicted octanol–water partition coefficient (Wildman–Crippen LogP) is -1.53. The van der Waals surface area contributed by atoms with E-state index in [4.69, 9.17) is 30.4 Å². The Balaban J connectivity index is 1.09. The topological polar surface area (TPSA) is 307 Å². The molecule has 9 unspecified atom stereocenters. The number of hydrogen-bond donors (Lipinski definition) is 10. The number of aromatic nitrogens is 2. The van der Waals surface area contributed by atoms with Gasteiger partial charge in [-0.3, -0.25) is 19.1 Å². The van der Waals surface area contributed by atoms with Crippen LogP contribution in [0.15, 0.2) is 70.4 Å². The summed E-state index contributed by atoms with van der Waals surface area (Å²) in [7, 11) is 1.10. The van der Waals surface area contributed by atoms with Crippen LogP contribution in [0.2, 0.25) is 0 Å². The van der Waals surface area contributed by atoms with Gasteiger partial charge in [-0.25, -0.2) is 9.59 Å². The maximum absolute atomic E-state index is 12.9. The van der Waals surface area contributed by atoms with Crippen LogP contribution >= 0.6 is 0 Å². The summed E-state index contributed by atoms with van der Waals surface area (Å²) in [5, 5.41) is 51.5. The first-order valence-corrected chi connectivity index (χ1v) is 20.0. The highest BCUT2D eigenvalue weighted by atomic mass is 19.4. The first-order chi connectivity index (χ1) is 30.0. The van der Waals surface area contributed by atoms with Crippen LogP contribution in [-0.2, 0) is 25.5 Å². The van der Waals surface area contributed by atoms with Crippen LogP contribution < -0.4 is 53.0 Å². The molecular weight excluding hydrogens is 845 g/mol. The van der Waals surface area contributed by atoms with Crippen molar-refractivity contribution in [2.24, 2.45) is 11.5 Å². The van der Waals surface area contributed by atoms with Crippen LogP contribution in [-0.4, -0.2) is 143 Å². The highest BCUT2D eigenvalue weighted by Gasteiger charge is 2.48. The zero-order valence-corrected chi connectivity index (χ0v) is 34.1. The van der Waals surface area contributed by atoms with Crippen molar-refractivity contribution in [2.75, 3.05) is 44.7 Å². The number of methoxy groups -OCH3 is 1. The number of aliphatic hydroxyl groups excluding tert-OH is 4. The number of nitrogens with one attached hydrogen (secondary N) is 4. The van der Waals surface area contributed by atoms with E-state index >= 15 is 0 Å². The van der Waals surface area contributed by atoms with E-state index in [1.807, 2.05) is 29.2 Å². The molecule has 348 valence electrons. The number of ether oxygens (including phenoxy) is 5. The molecule has 3 heterocycles. The van der Waals surface area contributed by atoms with Crippen LogP contribution in [0.5, 0.6) is 11.5 Å². The van der Waals surface area contributed by atoms with Crippen molar-refractivity contribution >= 4 is 17.6 Å². The number of nitrogens with zero attached hydrogens (tertiary/aromatic N) is 2. The van der Waals surface area contributed by atoms with Gasteiger partial charge < -0.3 is 76.4 Å². The standard InChI is InChI=1S/C39H53F3N8O13/c1-59-33(31(54)35(56)50-18-13-27(51)48-38(50)58)32(62-36-30(53)29(52)26(19-43)61-36)28(34(44)55)45-14-2-15-46-37(57)47-20-21-3-5-22(6-4-21)49-16-11-24(12-17-49)60-23-7-9-25(10-8-23)63-39(40,41)42/h3-10,13,18,24,26,28-33,35-36,45,52-54,56H,2,11-12,14-17,19-20,43H2,1H3,(H2,44,55)(H2,46,47,57)(H,48,51,58). The zero-order chi connectivity index (χ0) is 45.8. The number of aliphatic hydroxyl groups is 4.